The molecule has 3 rings (SSSR count). The Morgan fingerprint density at radius 2 is 1.97 bits per heavy atom. The number of azo groups is 1. The molecule has 0 unspecified atom stereocenters. The van der Waals surface area contributed by atoms with E-state index in [0.717, 1.165) is 43.3 Å². The number of aryl methyl sites for hydroxylation is 1. The molecule has 2 aromatic rings. The van der Waals surface area contributed by atoms with E-state index >= 15 is 0 Å². The van der Waals surface area contributed by atoms with Gasteiger partial charge in [0.25, 0.3) is 0 Å². The maximum atomic E-state index is 5.94. The van der Waals surface area contributed by atoms with Crippen LogP contribution in [0.5, 0.6) is 5.88 Å². The predicted molar refractivity (Wildman–Crippen MR) is 132 cm³/mol. The summed E-state index contributed by atoms with van der Waals surface area (Å²) in [5.74, 6) is 1.83. The molecule has 0 bridgehead atoms. The number of hydrogen-bond acceptors (Lipinski definition) is 7. The van der Waals surface area contributed by atoms with E-state index in [4.69, 9.17) is 9.47 Å². The lowest BCUT2D eigenvalue weighted by atomic mass is 10.1. The Morgan fingerprint density at radius 3 is 2.73 bits per heavy atom. The van der Waals surface area contributed by atoms with Crippen LogP contribution in [-0.2, 0) is 11.3 Å². The molecule has 33 heavy (non-hydrogen) atoms. The fourth-order valence-corrected chi connectivity index (χ4v) is 3.40. The van der Waals surface area contributed by atoms with Crippen LogP contribution >= 0.6 is 0 Å². The smallest absolute Gasteiger partial charge is 0.217 e. The minimum Gasteiger partial charge on any atom is -0.476 e. The van der Waals surface area contributed by atoms with Gasteiger partial charge in [-0.3, -0.25) is 4.99 Å². The van der Waals surface area contributed by atoms with Crippen LogP contribution in [-0.4, -0.2) is 64.0 Å². The van der Waals surface area contributed by atoms with Gasteiger partial charge >= 0.3 is 0 Å². The first-order valence-electron chi connectivity index (χ1n) is 11.5. The summed E-state index contributed by atoms with van der Waals surface area (Å²) < 4.78 is 11.4. The quantitative estimate of drug-likeness (QED) is 0.248. The van der Waals surface area contributed by atoms with Crippen LogP contribution in [0.4, 0.5) is 11.5 Å². The SMILES string of the molecule is CCCNC(=NC)NCCOc1cc(N2CCOCC2)cc(N=NCc2cccc(C)c2)n1. The molecule has 1 aromatic heterocycles. The summed E-state index contributed by atoms with van der Waals surface area (Å²) >= 11 is 0. The molecule has 0 aliphatic carbocycles. The van der Waals surface area contributed by atoms with Gasteiger partial charge in [-0.1, -0.05) is 36.8 Å². The molecule has 2 heterocycles. The lowest BCUT2D eigenvalue weighted by Gasteiger charge is -2.29. The number of rotatable bonds is 10. The van der Waals surface area contributed by atoms with E-state index in [9.17, 15) is 0 Å². The second kappa shape index (κ2) is 13.4. The van der Waals surface area contributed by atoms with Gasteiger partial charge in [0.15, 0.2) is 11.8 Å². The molecule has 0 radical (unpaired) electrons. The number of anilines is 1. The first-order chi connectivity index (χ1) is 16.2. The average Bonchev–Trinajstić information content (AvgIpc) is 2.84. The molecule has 0 saturated carbocycles. The van der Waals surface area contributed by atoms with Gasteiger partial charge in [0.1, 0.15) is 6.61 Å². The van der Waals surface area contributed by atoms with Crippen LogP contribution in [0.3, 0.4) is 0 Å². The van der Waals surface area contributed by atoms with Gasteiger partial charge in [0, 0.05) is 44.5 Å². The summed E-state index contributed by atoms with van der Waals surface area (Å²) in [5.41, 5.74) is 3.34. The van der Waals surface area contributed by atoms with Crippen molar-refractivity contribution in [2.75, 3.05) is 57.9 Å². The number of benzene rings is 1. The molecule has 0 atom stereocenters. The van der Waals surface area contributed by atoms with Crippen molar-refractivity contribution >= 4 is 17.5 Å². The van der Waals surface area contributed by atoms with Gasteiger partial charge in [-0.25, -0.2) is 0 Å². The predicted octanol–water partition coefficient (Wildman–Crippen LogP) is 3.46. The number of hydrogen-bond donors (Lipinski definition) is 2. The van der Waals surface area contributed by atoms with Crippen LogP contribution in [0.25, 0.3) is 0 Å². The van der Waals surface area contributed by atoms with Crippen molar-refractivity contribution in [3.63, 3.8) is 0 Å². The van der Waals surface area contributed by atoms with Gasteiger partial charge in [-0.2, -0.15) is 10.1 Å². The Morgan fingerprint density at radius 1 is 1.15 bits per heavy atom. The summed E-state index contributed by atoms with van der Waals surface area (Å²) in [6.07, 6.45) is 1.04. The third kappa shape index (κ3) is 8.34. The van der Waals surface area contributed by atoms with E-state index in [1.54, 1.807) is 7.05 Å². The topological polar surface area (TPSA) is 95.7 Å². The summed E-state index contributed by atoms with van der Waals surface area (Å²) in [6, 6.07) is 12.2. The van der Waals surface area contributed by atoms with Crippen LogP contribution in [0.1, 0.15) is 24.5 Å². The molecule has 1 fully saturated rings. The third-order valence-electron chi connectivity index (χ3n) is 5.07. The normalized spacial score (nSPS) is 14.5. The zero-order valence-electron chi connectivity index (χ0n) is 19.9. The zero-order chi connectivity index (χ0) is 23.3. The summed E-state index contributed by atoms with van der Waals surface area (Å²) in [5, 5.41) is 15.2. The third-order valence-corrected chi connectivity index (χ3v) is 5.07. The van der Waals surface area contributed by atoms with E-state index in [2.05, 4.69) is 61.7 Å². The lowest BCUT2D eigenvalue weighted by Crippen LogP contribution is -2.39. The number of ether oxygens (including phenoxy) is 2. The molecular weight excluding hydrogens is 418 g/mol. The molecule has 1 aromatic carbocycles. The molecule has 1 aliphatic heterocycles. The van der Waals surface area contributed by atoms with Crippen LogP contribution in [0.2, 0.25) is 0 Å². The van der Waals surface area contributed by atoms with Crippen molar-refractivity contribution in [2.24, 2.45) is 15.2 Å². The highest BCUT2D eigenvalue weighted by Crippen LogP contribution is 2.26. The number of aliphatic imine (C=N–C) groups is 1. The van der Waals surface area contributed by atoms with E-state index in [0.29, 0.717) is 44.6 Å². The zero-order valence-corrected chi connectivity index (χ0v) is 19.9. The minimum atomic E-state index is 0.451. The number of guanidine groups is 1. The molecule has 0 spiro atoms. The molecule has 2 N–H and O–H groups in total. The summed E-state index contributed by atoms with van der Waals surface area (Å²) in [6.45, 7) is 9.69. The molecule has 9 heteroatoms. The van der Waals surface area contributed by atoms with Crippen molar-refractivity contribution in [3.05, 3.63) is 47.5 Å². The largest absolute Gasteiger partial charge is 0.476 e. The molecule has 1 saturated heterocycles. The van der Waals surface area contributed by atoms with Gasteiger partial charge in [-0.05, 0) is 18.9 Å². The Hall–Kier alpha value is -3.20. The lowest BCUT2D eigenvalue weighted by molar-refractivity contribution is 0.122. The van der Waals surface area contributed by atoms with Gasteiger partial charge in [0.2, 0.25) is 5.88 Å². The fourth-order valence-electron chi connectivity index (χ4n) is 3.40. The highest BCUT2D eigenvalue weighted by molar-refractivity contribution is 5.79. The number of nitrogens with one attached hydrogen (secondary N) is 2. The maximum absolute atomic E-state index is 5.94. The Balaban J connectivity index is 1.65. The van der Waals surface area contributed by atoms with Crippen LogP contribution in [0, 0.1) is 6.92 Å². The summed E-state index contributed by atoms with van der Waals surface area (Å²) in [4.78, 5) is 11.0. The molecule has 178 valence electrons. The second-order valence-electron chi connectivity index (χ2n) is 7.78. The van der Waals surface area contributed by atoms with E-state index in [-0.39, 0.29) is 0 Å². The van der Waals surface area contributed by atoms with E-state index in [1.165, 1.54) is 5.56 Å². The van der Waals surface area contributed by atoms with Gasteiger partial charge in [-0.15, -0.1) is 5.11 Å². The van der Waals surface area contributed by atoms with Crippen molar-refractivity contribution in [3.8, 4) is 5.88 Å². The number of morpholine rings is 1. The molecular formula is C24H35N7O2. The highest BCUT2D eigenvalue weighted by atomic mass is 16.5. The number of aromatic nitrogens is 1. The fraction of sp³-hybridized carbons (Fsp3) is 0.500. The van der Waals surface area contributed by atoms with E-state index in [1.807, 2.05) is 24.3 Å². The van der Waals surface area contributed by atoms with Crippen molar-refractivity contribution in [1.29, 1.82) is 0 Å². The number of pyridine rings is 1. The maximum Gasteiger partial charge on any atom is 0.217 e. The Kier molecular flexibility index (Phi) is 9.90. The minimum absolute atomic E-state index is 0.451. The van der Waals surface area contributed by atoms with Crippen molar-refractivity contribution < 1.29 is 9.47 Å². The number of nitrogens with zero attached hydrogens (tertiary/aromatic N) is 5. The second-order valence-corrected chi connectivity index (χ2v) is 7.78. The van der Waals surface area contributed by atoms with E-state index < -0.39 is 0 Å². The first kappa shape index (κ1) is 24.4. The van der Waals surface area contributed by atoms with Crippen LogP contribution in [0.15, 0.2) is 51.6 Å². The summed E-state index contributed by atoms with van der Waals surface area (Å²) in [7, 11) is 1.76. The average molecular weight is 454 g/mol. The first-order valence-corrected chi connectivity index (χ1v) is 11.5. The molecule has 0 amide bonds. The monoisotopic (exact) mass is 453 g/mol. The van der Waals surface area contributed by atoms with Gasteiger partial charge in [0.05, 0.1) is 26.3 Å². The van der Waals surface area contributed by atoms with Crippen LogP contribution < -0.4 is 20.3 Å². The molecule has 9 nitrogen and oxygen atoms in total. The Bertz CT molecular complexity index is 927. The van der Waals surface area contributed by atoms with Crippen molar-refractivity contribution in [2.45, 2.75) is 26.8 Å². The molecule has 1 aliphatic rings. The standard InChI is InChI=1S/C24H35N7O2/c1-4-8-26-24(25-3)27-9-12-33-23-17-21(31-10-13-32-14-11-31)16-22(29-23)30-28-18-20-7-5-6-19(2)15-20/h5-7,15-17H,4,8-14,18H2,1-3H3,(H2,25,26,27). The van der Waals surface area contributed by atoms with Crippen molar-refractivity contribution in [1.82, 2.24) is 15.6 Å². The van der Waals surface area contributed by atoms with Gasteiger partial charge < -0.3 is 25.0 Å². The Labute approximate surface area is 196 Å². The highest BCUT2D eigenvalue weighted by Gasteiger charge is 2.14.